The molecule has 1 fully saturated rings. The molecule has 2 aromatic heterocycles. The average molecular weight is 670 g/mol. The number of thioether (sulfide) groups is 1. The maximum absolute atomic E-state index is 12.6. The Bertz CT molecular complexity index is 1400. The number of aldehydes is 1. The number of carboxylic acids is 1. The molecule has 1 saturated heterocycles. The van der Waals surface area contributed by atoms with Crippen molar-refractivity contribution in [3.8, 4) is 0 Å². The molecule has 3 heterocycles. The van der Waals surface area contributed by atoms with Crippen LogP contribution in [0, 0.1) is 5.92 Å². The van der Waals surface area contributed by atoms with Crippen LogP contribution in [0.1, 0.15) is 65.1 Å². The lowest BCUT2D eigenvalue weighted by molar-refractivity contribution is -0.136. The summed E-state index contributed by atoms with van der Waals surface area (Å²) in [6, 6.07) is 13.2. The van der Waals surface area contributed by atoms with Gasteiger partial charge in [-0.2, -0.15) is 11.8 Å². The van der Waals surface area contributed by atoms with E-state index in [1.807, 2.05) is 49.0 Å². The summed E-state index contributed by atoms with van der Waals surface area (Å²) in [6.45, 7) is 10.7. The van der Waals surface area contributed by atoms with Crippen LogP contribution in [-0.2, 0) is 32.0 Å². The number of rotatable bonds is 11. The first-order valence-corrected chi connectivity index (χ1v) is 17.3. The molecule has 2 atom stereocenters. The number of hydrogen-bond acceptors (Lipinski definition) is 8. The Kier molecular flexibility index (Phi) is 16.5. The van der Waals surface area contributed by atoms with Crippen molar-refractivity contribution < 1.29 is 29.0 Å². The Morgan fingerprint density at radius 2 is 1.85 bits per heavy atom. The topological polar surface area (TPSA) is 163 Å². The number of para-hydroxylation sites is 1. The summed E-state index contributed by atoms with van der Waals surface area (Å²) in [7, 11) is 0. The van der Waals surface area contributed by atoms with Gasteiger partial charge in [-0.25, -0.2) is 4.79 Å². The van der Waals surface area contributed by atoms with Crippen molar-refractivity contribution in [1.29, 1.82) is 0 Å². The zero-order valence-corrected chi connectivity index (χ0v) is 29.2. The molecule has 0 spiro atoms. The summed E-state index contributed by atoms with van der Waals surface area (Å²) >= 11 is 1.55. The lowest BCUT2D eigenvalue weighted by Crippen LogP contribution is -2.57. The van der Waals surface area contributed by atoms with Gasteiger partial charge in [-0.3, -0.25) is 14.6 Å². The molecule has 11 nitrogen and oxygen atoms in total. The van der Waals surface area contributed by atoms with Crippen LogP contribution in [0.2, 0.25) is 0 Å². The summed E-state index contributed by atoms with van der Waals surface area (Å²) < 4.78 is 5.18. The Labute approximate surface area is 282 Å². The van der Waals surface area contributed by atoms with Gasteiger partial charge in [-0.1, -0.05) is 24.3 Å². The van der Waals surface area contributed by atoms with Gasteiger partial charge in [0.05, 0.1) is 12.5 Å². The number of carboxylic acid groups (broad SMARTS) is 1. The van der Waals surface area contributed by atoms with E-state index in [-0.39, 0.29) is 6.42 Å². The summed E-state index contributed by atoms with van der Waals surface area (Å²) in [6.07, 6.45) is 10.0. The highest BCUT2D eigenvalue weighted by molar-refractivity contribution is 7.98. The summed E-state index contributed by atoms with van der Waals surface area (Å²) in [4.78, 5) is 53.3. The number of nitrogens with zero attached hydrogens (tertiary/aromatic N) is 1. The molecule has 0 bridgehead atoms. The third kappa shape index (κ3) is 15.5. The Hall–Kier alpha value is -3.90. The van der Waals surface area contributed by atoms with Gasteiger partial charge in [0.15, 0.2) is 0 Å². The zero-order valence-electron chi connectivity index (χ0n) is 28.4. The number of piperidine rings is 1. The number of carbonyl (C=O) groups is 4. The number of aliphatic carboxylic acids is 1. The van der Waals surface area contributed by atoms with Crippen LogP contribution < -0.4 is 16.0 Å². The highest BCUT2D eigenvalue weighted by atomic mass is 32.2. The van der Waals surface area contributed by atoms with E-state index in [0.29, 0.717) is 12.7 Å². The van der Waals surface area contributed by atoms with Crippen molar-refractivity contribution in [3.05, 3.63) is 66.1 Å². The van der Waals surface area contributed by atoms with Crippen molar-refractivity contribution >= 4 is 46.9 Å². The first kappa shape index (κ1) is 39.3. The van der Waals surface area contributed by atoms with E-state index < -0.39 is 35.2 Å². The summed E-state index contributed by atoms with van der Waals surface area (Å²) in [5.41, 5.74) is 1.23. The Morgan fingerprint density at radius 1 is 1.13 bits per heavy atom. The van der Waals surface area contributed by atoms with E-state index in [1.165, 1.54) is 25.1 Å². The van der Waals surface area contributed by atoms with Gasteiger partial charge in [0, 0.05) is 41.2 Å². The predicted octanol–water partition coefficient (Wildman–Crippen LogP) is 5.15. The molecule has 2 amide bonds. The number of alkyl carbamates (subject to hydrolysis) is 1. The largest absolute Gasteiger partial charge is 0.481 e. The number of benzene rings is 1. The number of fused-ring (bicyclic) bond motifs is 1. The standard InChI is InChI=1S/C20H27N3O4.C11H16N2.C4H8O2S/c1-19(2,3)27-18(26)23-20(4,5)17(25)22-14(12-24)10-13-11-21-16-9-7-6-8-15(13)16;1-2-7-13-11(5-1)8-10-4-3-6-12-9-10;1-7-3-2-4(5)6/h6-9,11-12,14,21H,10H2,1-5H3,(H,22,25)(H,23,26);1-2,5,7,10,12H,3-4,6,8-9H2;2-3H2,1H3,(H,5,6)/t14-;;/m1../s1. The van der Waals surface area contributed by atoms with Crippen LogP contribution >= 0.6 is 11.8 Å². The second-order valence-electron chi connectivity index (χ2n) is 12.9. The number of pyridine rings is 1. The van der Waals surface area contributed by atoms with E-state index in [0.717, 1.165) is 41.1 Å². The van der Waals surface area contributed by atoms with E-state index >= 15 is 0 Å². The van der Waals surface area contributed by atoms with Crippen LogP contribution in [-0.4, -0.2) is 81.6 Å². The molecule has 0 aliphatic carbocycles. The molecule has 4 rings (SSSR count). The molecule has 1 unspecified atom stereocenters. The molecule has 1 aliphatic heterocycles. The number of aromatic nitrogens is 2. The number of nitrogens with one attached hydrogen (secondary N) is 4. The molecule has 1 aliphatic rings. The Balaban J connectivity index is 0.000000314. The number of hydrogen-bond donors (Lipinski definition) is 5. The molecule has 12 heteroatoms. The van der Waals surface area contributed by atoms with Gasteiger partial charge < -0.3 is 35.6 Å². The second kappa shape index (κ2) is 19.7. The van der Waals surface area contributed by atoms with Gasteiger partial charge in [-0.15, -0.1) is 0 Å². The van der Waals surface area contributed by atoms with Crippen LogP contribution in [0.15, 0.2) is 54.9 Å². The number of H-pyrrole nitrogens is 1. The molecule has 5 N–H and O–H groups in total. The van der Waals surface area contributed by atoms with Gasteiger partial charge in [0.1, 0.15) is 17.4 Å². The molecule has 3 aromatic rings. The summed E-state index contributed by atoms with van der Waals surface area (Å²) in [5.74, 6) is 0.332. The van der Waals surface area contributed by atoms with Crippen molar-refractivity contribution in [2.24, 2.45) is 5.92 Å². The molecule has 1 aromatic carbocycles. The molecule has 0 radical (unpaired) electrons. The quantitative estimate of drug-likeness (QED) is 0.174. The third-order valence-corrected chi connectivity index (χ3v) is 7.73. The maximum atomic E-state index is 12.6. The lowest BCUT2D eigenvalue weighted by atomic mass is 9.94. The molecule has 258 valence electrons. The minimum Gasteiger partial charge on any atom is -0.481 e. The first-order chi connectivity index (χ1) is 22.2. The number of amides is 2. The van der Waals surface area contributed by atoms with Gasteiger partial charge >= 0.3 is 12.1 Å². The van der Waals surface area contributed by atoms with E-state index in [4.69, 9.17) is 9.84 Å². The summed E-state index contributed by atoms with van der Waals surface area (Å²) in [5, 5.41) is 17.7. The molecule has 47 heavy (non-hydrogen) atoms. The number of carbonyl (C=O) groups excluding carboxylic acids is 3. The van der Waals surface area contributed by atoms with E-state index in [9.17, 15) is 19.2 Å². The van der Waals surface area contributed by atoms with Crippen molar-refractivity contribution in [2.75, 3.05) is 25.1 Å². The lowest BCUT2D eigenvalue weighted by Gasteiger charge is -2.28. The normalized spacial score (nSPS) is 15.1. The predicted molar refractivity (Wildman–Crippen MR) is 188 cm³/mol. The SMILES string of the molecule is CC(C)(C)OC(=O)NC(C)(C)C(=O)N[C@@H](C=O)Cc1c[nH]c2ccccc12.CSCCC(=O)O.c1ccc(CC2CCCNC2)nc1. The van der Waals surface area contributed by atoms with Crippen molar-refractivity contribution in [3.63, 3.8) is 0 Å². The van der Waals surface area contributed by atoms with Crippen LogP contribution in [0.25, 0.3) is 10.9 Å². The minimum atomic E-state index is -1.23. The molecular weight excluding hydrogens is 618 g/mol. The van der Waals surface area contributed by atoms with Crippen LogP contribution in [0.3, 0.4) is 0 Å². The Morgan fingerprint density at radius 3 is 2.43 bits per heavy atom. The fourth-order valence-electron chi connectivity index (χ4n) is 4.74. The van der Waals surface area contributed by atoms with E-state index in [1.54, 1.807) is 46.4 Å². The van der Waals surface area contributed by atoms with Gasteiger partial charge in [0.25, 0.3) is 0 Å². The number of aromatic amines is 1. The van der Waals surface area contributed by atoms with Crippen LogP contribution in [0.4, 0.5) is 4.79 Å². The van der Waals surface area contributed by atoms with Gasteiger partial charge in [0.2, 0.25) is 5.91 Å². The smallest absolute Gasteiger partial charge is 0.408 e. The zero-order chi connectivity index (χ0) is 34.9. The second-order valence-corrected chi connectivity index (χ2v) is 13.9. The first-order valence-electron chi connectivity index (χ1n) is 15.9. The average Bonchev–Trinajstić information content (AvgIpc) is 3.42. The van der Waals surface area contributed by atoms with Gasteiger partial charge in [-0.05, 0) is 103 Å². The highest BCUT2D eigenvalue weighted by Gasteiger charge is 2.33. The third-order valence-electron chi connectivity index (χ3n) is 7.12. The number of ether oxygens (including phenoxy) is 1. The maximum Gasteiger partial charge on any atom is 0.408 e. The fraction of sp³-hybridized carbons (Fsp3) is 0.514. The molecule has 0 saturated carbocycles. The monoisotopic (exact) mass is 669 g/mol. The molecular formula is C35H51N5O6S. The van der Waals surface area contributed by atoms with Crippen LogP contribution in [0.5, 0.6) is 0 Å². The van der Waals surface area contributed by atoms with Crippen molar-refractivity contribution in [2.45, 2.75) is 83.9 Å². The fourth-order valence-corrected chi connectivity index (χ4v) is 5.12. The minimum absolute atomic E-state index is 0.279. The van der Waals surface area contributed by atoms with E-state index in [2.05, 4.69) is 38.1 Å². The van der Waals surface area contributed by atoms with Crippen molar-refractivity contribution in [1.82, 2.24) is 25.9 Å². The highest BCUT2D eigenvalue weighted by Crippen LogP contribution is 2.19.